The summed E-state index contributed by atoms with van der Waals surface area (Å²) in [6, 6.07) is 0. The number of aliphatic hydroxyl groups excluding tert-OH is 1. The largest absolute Gasteiger partial charge is 0.472 e. The van der Waals surface area contributed by atoms with Crippen molar-refractivity contribution in [2.24, 2.45) is 23.7 Å². The van der Waals surface area contributed by atoms with Crippen molar-refractivity contribution in [1.29, 1.82) is 0 Å². The monoisotopic (exact) mass is 1240 g/mol. The summed E-state index contributed by atoms with van der Waals surface area (Å²) in [5.41, 5.74) is 0. The summed E-state index contributed by atoms with van der Waals surface area (Å²) in [5, 5.41) is 10.5. The third-order valence-corrected chi connectivity index (χ3v) is 17.1. The molecule has 4 unspecified atom stereocenters. The summed E-state index contributed by atoms with van der Waals surface area (Å²) in [7, 11) is -9.89. The van der Waals surface area contributed by atoms with Gasteiger partial charge in [-0.3, -0.25) is 37.3 Å². The Kier molecular flexibility index (Phi) is 53.9. The molecule has 19 heteroatoms. The van der Waals surface area contributed by atoms with E-state index in [0.29, 0.717) is 37.5 Å². The van der Waals surface area contributed by atoms with Crippen LogP contribution in [0.25, 0.3) is 0 Å². The molecule has 0 aromatic carbocycles. The van der Waals surface area contributed by atoms with Gasteiger partial charge in [0, 0.05) is 25.7 Å². The first-order valence-corrected chi connectivity index (χ1v) is 36.7. The summed E-state index contributed by atoms with van der Waals surface area (Å²) < 4.78 is 68.0. The molecule has 0 aliphatic carbocycles. The number of carbonyl (C=O) groups is 4. The first kappa shape index (κ1) is 82.1. The van der Waals surface area contributed by atoms with Gasteiger partial charge >= 0.3 is 39.5 Å². The Bertz CT molecular complexity index is 1680. The van der Waals surface area contributed by atoms with Crippen LogP contribution in [0.3, 0.4) is 0 Å². The number of phosphoric acid groups is 2. The number of esters is 4. The predicted octanol–water partition coefficient (Wildman–Crippen LogP) is 17.8. The fourth-order valence-electron chi connectivity index (χ4n) is 9.57. The fraction of sp³-hybridized carbons (Fsp3) is 0.938. The second-order valence-corrected chi connectivity index (χ2v) is 28.1. The molecule has 3 N–H and O–H groups in total. The summed E-state index contributed by atoms with van der Waals surface area (Å²) in [6.45, 7) is 13.9. The lowest BCUT2D eigenvalue weighted by molar-refractivity contribution is -0.161. The number of unbranched alkanes of at least 4 members (excludes halogenated alkanes) is 27. The second-order valence-electron chi connectivity index (χ2n) is 25.2. The fourth-order valence-corrected chi connectivity index (χ4v) is 11.2. The van der Waals surface area contributed by atoms with Gasteiger partial charge in [-0.15, -0.1) is 0 Å². The van der Waals surface area contributed by atoms with E-state index in [4.69, 9.17) is 37.0 Å². The van der Waals surface area contributed by atoms with Gasteiger partial charge in [0.2, 0.25) is 0 Å². The number of rotatable bonds is 62. The predicted molar refractivity (Wildman–Crippen MR) is 335 cm³/mol. The van der Waals surface area contributed by atoms with Gasteiger partial charge in [-0.2, -0.15) is 0 Å². The highest BCUT2D eigenvalue weighted by molar-refractivity contribution is 7.47. The van der Waals surface area contributed by atoms with Crippen LogP contribution in [0.15, 0.2) is 0 Å². The minimum Gasteiger partial charge on any atom is -0.462 e. The summed E-state index contributed by atoms with van der Waals surface area (Å²) >= 11 is 0. The molecule has 0 heterocycles. The van der Waals surface area contributed by atoms with Crippen molar-refractivity contribution in [3.63, 3.8) is 0 Å². The highest BCUT2D eigenvalue weighted by Crippen LogP contribution is 2.45. The maximum Gasteiger partial charge on any atom is 0.472 e. The molecule has 0 saturated heterocycles. The molecule has 0 bridgehead atoms. The average molecular weight is 1240 g/mol. The molecule has 0 rings (SSSR count). The van der Waals surface area contributed by atoms with Crippen molar-refractivity contribution in [3.8, 4) is 0 Å². The molecule has 498 valence electrons. The van der Waals surface area contributed by atoms with Crippen LogP contribution < -0.4 is 0 Å². The van der Waals surface area contributed by atoms with E-state index in [1.165, 1.54) is 109 Å². The molecule has 0 fully saturated rings. The molecule has 0 aromatic rings. The molecular weight excluding hydrogens is 1110 g/mol. The van der Waals surface area contributed by atoms with Crippen LogP contribution >= 0.6 is 15.6 Å². The normalized spacial score (nSPS) is 14.7. The third kappa shape index (κ3) is 57.8. The minimum absolute atomic E-state index is 0.102. The number of hydrogen-bond donors (Lipinski definition) is 3. The van der Waals surface area contributed by atoms with E-state index >= 15 is 0 Å². The van der Waals surface area contributed by atoms with Crippen molar-refractivity contribution in [2.75, 3.05) is 39.6 Å². The zero-order valence-electron chi connectivity index (χ0n) is 54.5. The van der Waals surface area contributed by atoms with E-state index in [1.54, 1.807) is 0 Å². The molecule has 0 aliphatic rings. The average Bonchev–Trinajstić information content (AvgIpc) is 3.57. The van der Waals surface area contributed by atoms with Gasteiger partial charge in [-0.05, 0) is 49.4 Å². The van der Waals surface area contributed by atoms with Crippen LogP contribution in [0, 0.1) is 23.7 Å². The zero-order valence-corrected chi connectivity index (χ0v) is 56.3. The molecule has 84 heavy (non-hydrogen) atoms. The van der Waals surface area contributed by atoms with Gasteiger partial charge in [0.05, 0.1) is 26.4 Å². The Morgan fingerprint density at radius 3 is 0.845 bits per heavy atom. The molecule has 0 radical (unpaired) electrons. The smallest absolute Gasteiger partial charge is 0.462 e. The highest BCUT2D eigenvalue weighted by Gasteiger charge is 2.30. The Morgan fingerprint density at radius 1 is 0.333 bits per heavy atom. The minimum atomic E-state index is -4.95. The van der Waals surface area contributed by atoms with Crippen LogP contribution in [0.4, 0.5) is 0 Å². The molecule has 0 spiro atoms. The van der Waals surface area contributed by atoms with E-state index in [9.17, 15) is 43.2 Å². The summed E-state index contributed by atoms with van der Waals surface area (Å²) in [5.74, 6) is 0.750. The first-order valence-electron chi connectivity index (χ1n) is 33.7. The van der Waals surface area contributed by atoms with E-state index in [-0.39, 0.29) is 25.7 Å². The quantitative estimate of drug-likeness (QED) is 0.0222. The van der Waals surface area contributed by atoms with Crippen LogP contribution in [0.2, 0.25) is 0 Å². The molecule has 17 nitrogen and oxygen atoms in total. The lowest BCUT2D eigenvalue weighted by Crippen LogP contribution is -2.30. The highest BCUT2D eigenvalue weighted by atomic mass is 31.2. The van der Waals surface area contributed by atoms with Gasteiger partial charge in [-0.25, -0.2) is 9.13 Å². The van der Waals surface area contributed by atoms with Crippen molar-refractivity contribution in [1.82, 2.24) is 0 Å². The topological polar surface area (TPSA) is 237 Å². The first-order chi connectivity index (χ1) is 40.1. The van der Waals surface area contributed by atoms with E-state index in [1.807, 2.05) is 0 Å². The Hall–Kier alpha value is -1.94. The number of ether oxygens (including phenoxy) is 4. The summed E-state index contributed by atoms with van der Waals surface area (Å²) in [4.78, 5) is 72.2. The number of aliphatic hydroxyl groups is 1. The molecule has 0 aromatic heterocycles. The van der Waals surface area contributed by atoms with Gasteiger partial charge in [0.1, 0.15) is 19.3 Å². The van der Waals surface area contributed by atoms with E-state index < -0.39 is 97.5 Å². The van der Waals surface area contributed by atoms with Crippen LogP contribution in [-0.2, 0) is 65.4 Å². The molecule has 0 amide bonds. The van der Waals surface area contributed by atoms with Gasteiger partial charge in [0.15, 0.2) is 12.2 Å². The second kappa shape index (κ2) is 55.2. The van der Waals surface area contributed by atoms with Crippen molar-refractivity contribution in [2.45, 2.75) is 331 Å². The number of hydrogen-bond acceptors (Lipinski definition) is 15. The Labute approximate surface area is 511 Å². The SMILES string of the molecule is CCC(C)CCCCCCCCC(=O)O[C@H](COC(=O)CCCCCCCCCCCCCC(C)C)COP(=O)(O)OCC(O)COP(=O)(O)OC[C@@H](COC(=O)CCCCCCCCCC(C)C)OC(=O)CCCCCCCCCC(C)C. The van der Waals surface area contributed by atoms with Crippen LogP contribution in [0.1, 0.15) is 312 Å². The van der Waals surface area contributed by atoms with Gasteiger partial charge < -0.3 is 33.8 Å². The number of carbonyl (C=O) groups excluding carboxylic acids is 4. The molecule has 0 saturated carbocycles. The van der Waals surface area contributed by atoms with Crippen molar-refractivity contribution < 1.29 is 80.2 Å². The molecule has 0 aliphatic heterocycles. The zero-order chi connectivity index (χ0) is 62.5. The van der Waals surface area contributed by atoms with E-state index in [0.717, 1.165) is 108 Å². The van der Waals surface area contributed by atoms with Crippen LogP contribution in [0.5, 0.6) is 0 Å². The molecular formula is C65H126O17P2. The number of phosphoric ester groups is 2. The van der Waals surface area contributed by atoms with Crippen molar-refractivity contribution >= 4 is 39.5 Å². The Balaban J connectivity index is 5.24. The maximum absolute atomic E-state index is 13.0. The Morgan fingerprint density at radius 2 is 0.571 bits per heavy atom. The van der Waals surface area contributed by atoms with Gasteiger partial charge in [-0.1, -0.05) is 261 Å². The third-order valence-electron chi connectivity index (χ3n) is 15.2. The maximum atomic E-state index is 13.0. The molecule has 6 atom stereocenters. The van der Waals surface area contributed by atoms with Gasteiger partial charge in [0.25, 0.3) is 0 Å². The standard InChI is InChI=1S/C65H126O17P2/c1-9-58(8)44-36-28-23-24-32-40-48-65(70)82-61(52-75-62(67)45-37-29-20-14-12-10-11-13-17-25-33-41-55(2)3)54-80-84(73,74)78-50-59(66)49-77-83(71,72)79-53-60(81-64(69)47-39-31-22-16-19-27-35-43-57(6)7)51-76-63(68)46-38-30-21-15-18-26-34-42-56(4)5/h55-61,66H,9-54H2,1-8H3,(H,71,72)(H,73,74)/t58?,59?,60-,61-/m1/s1. The summed E-state index contributed by atoms with van der Waals surface area (Å²) in [6.07, 6.45) is 35.0. The van der Waals surface area contributed by atoms with E-state index in [2.05, 4.69) is 55.4 Å². The lowest BCUT2D eigenvalue weighted by atomic mass is 10.00. The lowest BCUT2D eigenvalue weighted by Gasteiger charge is -2.21. The van der Waals surface area contributed by atoms with Crippen LogP contribution in [-0.4, -0.2) is 96.7 Å². The van der Waals surface area contributed by atoms with Crippen molar-refractivity contribution in [3.05, 3.63) is 0 Å².